The largest absolute Gasteiger partial charge is 2.00 e. The van der Waals surface area contributed by atoms with E-state index in [-0.39, 0.29) is 16.5 Å². The van der Waals surface area contributed by atoms with Gasteiger partial charge in [0, 0.05) is 22.3 Å². The van der Waals surface area contributed by atoms with Crippen LogP contribution in [0, 0.1) is 55.4 Å². The summed E-state index contributed by atoms with van der Waals surface area (Å²) < 4.78 is 1.55. The fourth-order valence-electron chi connectivity index (χ4n) is 6.70. The number of hydrogen-bond acceptors (Lipinski definition) is 0. The Hall–Kier alpha value is -3.55. The monoisotopic (exact) mass is 738 g/mol. The molecule has 0 atom stereocenters. The SMILES string of the molecule is CCCCCCC1=C(c2cc(C)c(C)c(C)c2)[N+](=[N-])C(c2cc(C)c(C)c(C)c2)=C1CCCCC.[CH2-]Cc1ccccc1.[CH2-]Cc1ccccc1.[Ni+2]. The van der Waals surface area contributed by atoms with Gasteiger partial charge in [-0.2, -0.15) is 12.8 Å². The van der Waals surface area contributed by atoms with Crippen molar-refractivity contribution in [1.29, 1.82) is 0 Å². The molecule has 280 valence electrons. The molecule has 3 heteroatoms. The molecule has 1 aliphatic rings. The predicted octanol–water partition coefficient (Wildman–Crippen LogP) is 14.4. The van der Waals surface area contributed by atoms with Gasteiger partial charge in [0.05, 0.1) is 0 Å². The van der Waals surface area contributed by atoms with Gasteiger partial charge in [0.25, 0.3) is 0 Å². The van der Waals surface area contributed by atoms with E-state index in [1.54, 1.807) is 4.70 Å². The van der Waals surface area contributed by atoms with Crippen molar-refractivity contribution in [3.8, 4) is 0 Å². The third-order valence-corrected chi connectivity index (χ3v) is 10.3. The van der Waals surface area contributed by atoms with E-state index in [9.17, 15) is 5.53 Å². The molecule has 0 saturated carbocycles. The van der Waals surface area contributed by atoms with E-state index in [4.69, 9.17) is 0 Å². The Morgan fingerprint density at radius 3 is 1.13 bits per heavy atom. The Kier molecular flexibility index (Phi) is 19.9. The zero-order chi connectivity index (χ0) is 37.3. The Balaban J connectivity index is 0.000000449. The summed E-state index contributed by atoms with van der Waals surface area (Å²) in [6.07, 6.45) is 12.3. The molecule has 0 unspecified atom stereocenters. The molecule has 0 bridgehead atoms. The van der Waals surface area contributed by atoms with E-state index in [1.807, 2.05) is 36.4 Å². The fourth-order valence-corrected chi connectivity index (χ4v) is 6.70. The first-order valence-electron chi connectivity index (χ1n) is 19.4. The molecule has 0 fully saturated rings. The van der Waals surface area contributed by atoms with Crippen LogP contribution in [0.2, 0.25) is 0 Å². The first-order chi connectivity index (χ1) is 24.6. The van der Waals surface area contributed by atoms with Crippen LogP contribution in [0.15, 0.2) is 96.1 Å². The summed E-state index contributed by atoms with van der Waals surface area (Å²) in [5.41, 5.74) is 29.3. The van der Waals surface area contributed by atoms with Crippen molar-refractivity contribution < 1.29 is 21.2 Å². The predicted molar refractivity (Wildman–Crippen MR) is 223 cm³/mol. The first-order valence-corrected chi connectivity index (χ1v) is 19.4. The maximum atomic E-state index is 11.9. The maximum absolute atomic E-state index is 11.9. The third kappa shape index (κ3) is 12.5. The molecule has 1 aliphatic heterocycles. The van der Waals surface area contributed by atoms with Crippen LogP contribution in [0.3, 0.4) is 0 Å². The molecule has 4 aromatic carbocycles. The second kappa shape index (κ2) is 23.2. The van der Waals surface area contributed by atoms with Crippen molar-refractivity contribution in [2.24, 2.45) is 0 Å². The van der Waals surface area contributed by atoms with Crippen LogP contribution in [0.1, 0.15) is 127 Å². The third-order valence-electron chi connectivity index (χ3n) is 10.3. The number of unbranched alkanes of at least 4 members (excludes halogenated alkanes) is 5. The summed E-state index contributed by atoms with van der Waals surface area (Å²) in [6.45, 7) is 25.2. The summed E-state index contributed by atoms with van der Waals surface area (Å²) in [6, 6.07) is 29.5. The Labute approximate surface area is 328 Å². The van der Waals surface area contributed by atoms with Crippen molar-refractivity contribution in [2.45, 2.75) is 126 Å². The van der Waals surface area contributed by atoms with Gasteiger partial charge in [-0.05, 0) is 125 Å². The van der Waals surface area contributed by atoms with E-state index >= 15 is 0 Å². The standard InChI is InChI=1S/C33H46N2.2C8H9.Ni/c1-9-11-13-15-17-31-30(16-14-12-10-2)32(28-18-22(3)26(7)23(4)19-28)35(34)33(31)29-20-24(5)27(8)25(6)21-29;2*1-2-8-6-4-3-5-7-8;/h18-21H,9-17H2,1-8H3;2*3-7H,1-2H2;/q;2*-1;+2. The zero-order valence-electron chi connectivity index (χ0n) is 33.5. The fraction of sp³-hybridized carbons (Fsp3) is 0.388. The van der Waals surface area contributed by atoms with Crippen LogP contribution in [-0.4, -0.2) is 4.70 Å². The molecule has 0 radical (unpaired) electrons. The van der Waals surface area contributed by atoms with E-state index < -0.39 is 0 Å². The summed E-state index contributed by atoms with van der Waals surface area (Å²) in [5, 5.41) is 0. The van der Waals surface area contributed by atoms with Gasteiger partial charge in [0.2, 0.25) is 11.4 Å². The zero-order valence-corrected chi connectivity index (χ0v) is 34.5. The number of allylic oxidation sites excluding steroid dienone is 2. The van der Waals surface area contributed by atoms with Gasteiger partial charge in [-0.1, -0.05) is 118 Å². The molecule has 52 heavy (non-hydrogen) atoms. The van der Waals surface area contributed by atoms with Crippen LogP contribution >= 0.6 is 0 Å². The molecule has 0 spiro atoms. The van der Waals surface area contributed by atoms with Gasteiger partial charge in [-0.25, -0.2) is 4.70 Å². The topological polar surface area (TPSA) is 25.3 Å². The Morgan fingerprint density at radius 2 is 0.827 bits per heavy atom. The van der Waals surface area contributed by atoms with Gasteiger partial charge in [-0.3, -0.25) is 0 Å². The molecule has 0 aliphatic carbocycles. The number of rotatable bonds is 13. The van der Waals surface area contributed by atoms with Crippen molar-refractivity contribution in [3.63, 3.8) is 0 Å². The van der Waals surface area contributed by atoms with Gasteiger partial charge in [0.1, 0.15) is 0 Å². The van der Waals surface area contributed by atoms with E-state index in [0.717, 1.165) is 54.6 Å². The minimum absolute atomic E-state index is 0. The van der Waals surface area contributed by atoms with Crippen molar-refractivity contribution >= 4 is 11.4 Å². The van der Waals surface area contributed by atoms with Gasteiger partial charge >= 0.3 is 16.5 Å². The number of benzene rings is 4. The average molecular weight is 740 g/mol. The Bertz CT molecular complexity index is 1680. The van der Waals surface area contributed by atoms with Crippen molar-refractivity contribution in [3.05, 3.63) is 171 Å². The second-order valence-corrected chi connectivity index (χ2v) is 14.2. The molecule has 4 aromatic rings. The van der Waals surface area contributed by atoms with Gasteiger partial charge in [-0.15, -0.1) is 0 Å². The normalized spacial score (nSPS) is 12.2. The molecular formula is C49H64N2Ni. The van der Waals surface area contributed by atoms with Gasteiger partial charge < -0.3 is 19.4 Å². The second-order valence-electron chi connectivity index (χ2n) is 14.2. The molecule has 0 aromatic heterocycles. The van der Waals surface area contributed by atoms with Crippen LogP contribution in [0.25, 0.3) is 16.9 Å². The summed E-state index contributed by atoms with van der Waals surface area (Å²) >= 11 is 0. The number of aryl methyl sites for hydroxylation is 4. The molecule has 5 rings (SSSR count). The van der Waals surface area contributed by atoms with E-state index in [2.05, 4.69) is 118 Å². The summed E-state index contributed by atoms with van der Waals surface area (Å²) in [5.74, 6) is 0. The molecule has 1 heterocycles. The molecule has 2 nitrogen and oxygen atoms in total. The van der Waals surface area contributed by atoms with Crippen molar-refractivity contribution in [2.75, 3.05) is 0 Å². The smallest absolute Gasteiger partial charge is 0.493 e. The van der Waals surface area contributed by atoms with Crippen LogP contribution in [0.4, 0.5) is 0 Å². The van der Waals surface area contributed by atoms with Gasteiger partial charge in [0.15, 0.2) is 0 Å². The summed E-state index contributed by atoms with van der Waals surface area (Å²) in [4.78, 5) is 0. The van der Waals surface area contributed by atoms with E-state index in [0.29, 0.717) is 0 Å². The van der Waals surface area contributed by atoms with Crippen molar-refractivity contribution in [1.82, 2.24) is 0 Å². The summed E-state index contributed by atoms with van der Waals surface area (Å²) in [7, 11) is 0. The average Bonchev–Trinajstić information content (AvgIpc) is 3.42. The van der Waals surface area contributed by atoms with Crippen LogP contribution in [-0.2, 0) is 29.3 Å². The number of nitrogens with zero attached hydrogens (tertiary/aromatic N) is 2. The minimum atomic E-state index is 0. The van der Waals surface area contributed by atoms with Crippen LogP contribution < -0.4 is 0 Å². The van der Waals surface area contributed by atoms with Crippen LogP contribution in [0.5, 0.6) is 0 Å². The molecule has 0 amide bonds. The quantitative estimate of drug-likeness (QED) is 0.0565. The molecule has 0 N–H and O–H groups in total. The number of hydrogen-bond donors (Lipinski definition) is 0. The molecule has 0 saturated heterocycles. The molecular weight excluding hydrogens is 675 g/mol. The minimum Gasteiger partial charge on any atom is -0.493 e. The maximum Gasteiger partial charge on any atom is 2.00 e. The van der Waals surface area contributed by atoms with E-state index in [1.165, 1.54) is 94.2 Å². The first kappa shape index (κ1) is 44.6. The Morgan fingerprint density at radius 1 is 0.500 bits per heavy atom.